The highest BCUT2D eigenvalue weighted by Crippen LogP contribution is 2.28. The summed E-state index contributed by atoms with van der Waals surface area (Å²) in [7, 11) is 0. The van der Waals surface area contributed by atoms with Gasteiger partial charge in [-0.1, -0.05) is 12.1 Å². The third-order valence-corrected chi connectivity index (χ3v) is 4.03. The van der Waals surface area contributed by atoms with Crippen molar-refractivity contribution >= 4 is 23.8 Å². The van der Waals surface area contributed by atoms with Crippen molar-refractivity contribution < 1.29 is 0 Å². The standard InChI is InChI=1S/C22H22N4/c1-17-15-22(26-14-10-20-8-4-6-12-24-20)18(2)16-21(17)25-13-9-19-7-3-5-11-23-19/h3-8,11-16H,9-10H2,1-2H3. The van der Waals surface area contributed by atoms with Crippen molar-refractivity contribution in [2.45, 2.75) is 26.7 Å². The zero-order valence-electron chi connectivity index (χ0n) is 15.1. The van der Waals surface area contributed by atoms with E-state index in [1.54, 1.807) is 12.4 Å². The predicted molar refractivity (Wildman–Crippen MR) is 108 cm³/mol. The molecule has 26 heavy (non-hydrogen) atoms. The molecule has 0 fully saturated rings. The molecule has 0 spiro atoms. The smallest absolute Gasteiger partial charge is 0.0659 e. The molecule has 2 heterocycles. The first-order chi connectivity index (χ1) is 12.7. The van der Waals surface area contributed by atoms with Gasteiger partial charge in [0.15, 0.2) is 0 Å². The fourth-order valence-electron chi connectivity index (χ4n) is 2.58. The minimum absolute atomic E-state index is 0.726. The van der Waals surface area contributed by atoms with Crippen LogP contribution in [0.5, 0.6) is 0 Å². The van der Waals surface area contributed by atoms with Gasteiger partial charge in [-0.3, -0.25) is 20.0 Å². The largest absolute Gasteiger partial charge is 0.261 e. The van der Waals surface area contributed by atoms with Crippen LogP contribution < -0.4 is 0 Å². The van der Waals surface area contributed by atoms with Gasteiger partial charge in [0.2, 0.25) is 0 Å². The van der Waals surface area contributed by atoms with Crippen molar-refractivity contribution in [3.05, 3.63) is 83.4 Å². The van der Waals surface area contributed by atoms with Crippen molar-refractivity contribution in [3.63, 3.8) is 0 Å². The van der Waals surface area contributed by atoms with Gasteiger partial charge in [0.05, 0.1) is 11.4 Å². The van der Waals surface area contributed by atoms with Crippen LogP contribution in [0.15, 0.2) is 70.9 Å². The minimum atomic E-state index is 0.726. The van der Waals surface area contributed by atoms with Crippen molar-refractivity contribution in [2.75, 3.05) is 0 Å². The van der Waals surface area contributed by atoms with Crippen LogP contribution in [-0.2, 0) is 12.8 Å². The summed E-state index contributed by atoms with van der Waals surface area (Å²) in [6.45, 7) is 4.12. The van der Waals surface area contributed by atoms with Crippen LogP contribution in [0.25, 0.3) is 0 Å². The minimum Gasteiger partial charge on any atom is -0.261 e. The molecule has 0 radical (unpaired) electrons. The van der Waals surface area contributed by atoms with Gasteiger partial charge in [0.25, 0.3) is 0 Å². The van der Waals surface area contributed by atoms with Gasteiger partial charge in [0, 0.05) is 49.1 Å². The maximum atomic E-state index is 4.60. The lowest BCUT2D eigenvalue weighted by atomic mass is 10.1. The van der Waals surface area contributed by atoms with E-state index in [1.165, 1.54) is 0 Å². The first-order valence-corrected chi connectivity index (χ1v) is 8.68. The van der Waals surface area contributed by atoms with Crippen LogP contribution in [-0.4, -0.2) is 22.4 Å². The number of aryl methyl sites for hydroxylation is 2. The molecule has 1 aromatic carbocycles. The molecule has 0 atom stereocenters. The summed E-state index contributed by atoms with van der Waals surface area (Å²) in [5.74, 6) is 0. The summed E-state index contributed by atoms with van der Waals surface area (Å²) in [5, 5.41) is 0. The molecule has 0 saturated carbocycles. The van der Waals surface area contributed by atoms with Crippen LogP contribution in [0.2, 0.25) is 0 Å². The molecule has 0 unspecified atom stereocenters. The number of aromatic nitrogens is 2. The molecule has 3 rings (SSSR count). The summed E-state index contributed by atoms with van der Waals surface area (Å²) < 4.78 is 0. The molecule has 130 valence electrons. The van der Waals surface area contributed by atoms with E-state index in [0.717, 1.165) is 46.7 Å². The molecule has 0 N–H and O–H groups in total. The average molecular weight is 342 g/mol. The van der Waals surface area contributed by atoms with E-state index in [-0.39, 0.29) is 0 Å². The predicted octanol–water partition coefficient (Wildman–Crippen LogP) is 4.98. The average Bonchev–Trinajstić information content (AvgIpc) is 2.67. The molecule has 4 heteroatoms. The lowest BCUT2D eigenvalue weighted by Gasteiger charge is -2.06. The molecular weight excluding hydrogens is 320 g/mol. The topological polar surface area (TPSA) is 50.5 Å². The zero-order chi connectivity index (χ0) is 18.2. The maximum absolute atomic E-state index is 4.60. The fraction of sp³-hybridized carbons (Fsp3) is 0.182. The lowest BCUT2D eigenvalue weighted by molar-refractivity contribution is 1.15. The molecule has 3 aromatic rings. The molecule has 2 aromatic heterocycles. The van der Waals surface area contributed by atoms with Crippen LogP contribution in [0, 0.1) is 13.8 Å². The van der Waals surface area contributed by atoms with Crippen LogP contribution in [0.3, 0.4) is 0 Å². The third kappa shape index (κ3) is 4.93. The van der Waals surface area contributed by atoms with Gasteiger partial charge in [-0.15, -0.1) is 0 Å². The van der Waals surface area contributed by atoms with E-state index < -0.39 is 0 Å². The lowest BCUT2D eigenvalue weighted by Crippen LogP contribution is -1.90. The summed E-state index contributed by atoms with van der Waals surface area (Å²) in [4.78, 5) is 17.8. The van der Waals surface area contributed by atoms with Crippen LogP contribution in [0.1, 0.15) is 22.5 Å². The molecule has 0 amide bonds. The Bertz CT molecular complexity index is 823. The van der Waals surface area contributed by atoms with Gasteiger partial charge in [-0.05, 0) is 61.4 Å². The normalized spacial score (nSPS) is 11.5. The highest BCUT2D eigenvalue weighted by Gasteiger charge is 2.02. The number of hydrogen-bond acceptors (Lipinski definition) is 4. The van der Waals surface area contributed by atoms with E-state index in [9.17, 15) is 0 Å². The Labute approximate surface area is 154 Å². The summed E-state index contributed by atoms with van der Waals surface area (Å²) in [6.07, 6.45) is 8.88. The van der Waals surface area contributed by atoms with Crippen molar-refractivity contribution in [2.24, 2.45) is 9.98 Å². The highest BCUT2D eigenvalue weighted by atomic mass is 14.8. The van der Waals surface area contributed by atoms with Gasteiger partial charge >= 0.3 is 0 Å². The van der Waals surface area contributed by atoms with E-state index in [1.807, 2.05) is 48.8 Å². The second-order valence-electron chi connectivity index (χ2n) is 6.10. The Morgan fingerprint density at radius 2 is 1.19 bits per heavy atom. The quantitative estimate of drug-likeness (QED) is 0.593. The number of benzene rings is 1. The summed E-state index contributed by atoms with van der Waals surface area (Å²) in [5.41, 5.74) is 6.20. The van der Waals surface area contributed by atoms with E-state index in [2.05, 4.69) is 45.9 Å². The van der Waals surface area contributed by atoms with Gasteiger partial charge in [-0.2, -0.15) is 0 Å². The SMILES string of the molecule is Cc1cc(N=CCc2ccccn2)c(C)cc1N=CCc1ccccn1. The van der Waals surface area contributed by atoms with Crippen molar-refractivity contribution in [3.8, 4) is 0 Å². The summed E-state index contributed by atoms with van der Waals surface area (Å²) in [6, 6.07) is 16.0. The molecular formula is C22H22N4. The Morgan fingerprint density at radius 1 is 0.731 bits per heavy atom. The highest BCUT2D eigenvalue weighted by molar-refractivity contribution is 5.71. The Morgan fingerprint density at radius 3 is 1.58 bits per heavy atom. The molecule has 0 aliphatic carbocycles. The first kappa shape index (κ1) is 17.7. The van der Waals surface area contributed by atoms with Crippen LogP contribution >= 0.6 is 0 Å². The number of pyridine rings is 2. The monoisotopic (exact) mass is 342 g/mol. The molecule has 0 bridgehead atoms. The van der Waals surface area contributed by atoms with Crippen molar-refractivity contribution in [1.82, 2.24) is 9.97 Å². The summed E-state index contributed by atoms with van der Waals surface area (Å²) >= 11 is 0. The molecule has 4 nitrogen and oxygen atoms in total. The van der Waals surface area contributed by atoms with Gasteiger partial charge in [0.1, 0.15) is 0 Å². The zero-order valence-corrected chi connectivity index (χ0v) is 15.1. The number of rotatable bonds is 6. The van der Waals surface area contributed by atoms with E-state index in [4.69, 9.17) is 0 Å². The molecule has 0 aliphatic rings. The Kier molecular flexibility index (Phi) is 5.99. The van der Waals surface area contributed by atoms with Crippen LogP contribution in [0.4, 0.5) is 11.4 Å². The third-order valence-electron chi connectivity index (χ3n) is 4.03. The van der Waals surface area contributed by atoms with E-state index in [0.29, 0.717) is 0 Å². The second kappa shape index (κ2) is 8.81. The Hall–Kier alpha value is -3.14. The molecule has 0 saturated heterocycles. The fourth-order valence-corrected chi connectivity index (χ4v) is 2.58. The number of nitrogens with zero attached hydrogens (tertiary/aromatic N) is 4. The second-order valence-corrected chi connectivity index (χ2v) is 6.10. The number of aliphatic imine (C=N–C) groups is 2. The number of hydrogen-bond donors (Lipinski definition) is 0. The first-order valence-electron chi connectivity index (χ1n) is 8.68. The Balaban J connectivity index is 1.67. The molecule has 0 aliphatic heterocycles. The maximum Gasteiger partial charge on any atom is 0.0659 e. The van der Waals surface area contributed by atoms with Gasteiger partial charge in [-0.25, -0.2) is 0 Å². The van der Waals surface area contributed by atoms with Crippen molar-refractivity contribution in [1.29, 1.82) is 0 Å². The van der Waals surface area contributed by atoms with E-state index >= 15 is 0 Å². The van der Waals surface area contributed by atoms with Gasteiger partial charge < -0.3 is 0 Å².